The third-order valence-electron chi connectivity index (χ3n) is 2.28. The fraction of sp³-hybridized carbons (Fsp3) is 0.0833. The molecule has 1 aromatic heterocycles. The molecule has 7 heteroatoms. The molecule has 19 heavy (non-hydrogen) atoms. The smallest absolute Gasteiger partial charge is 0.265 e. The van der Waals surface area contributed by atoms with Crippen molar-refractivity contribution >= 4 is 66.4 Å². The summed E-state index contributed by atoms with van der Waals surface area (Å²) >= 11 is 14.1. The number of ether oxygens (including phenoxy) is 1. The second kappa shape index (κ2) is 6.26. The molecule has 0 saturated heterocycles. The lowest BCUT2D eigenvalue weighted by Crippen LogP contribution is -2.09. The van der Waals surface area contributed by atoms with Crippen molar-refractivity contribution < 1.29 is 9.53 Å². The minimum atomic E-state index is -0.183. The van der Waals surface area contributed by atoms with Crippen LogP contribution in [0.15, 0.2) is 32.5 Å². The average Bonchev–Trinajstić information content (AvgIpc) is 2.70. The summed E-state index contributed by atoms with van der Waals surface area (Å²) < 4.78 is 6.79. The molecule has 0 saturated carbocycles. The van der Waals surface area contributed by atoms with Crippen LogP contribution in [0, 0.1) is 0 Å². The Morgan fingerprint density at radius 2 is 2.11 bits per heavy atom. The lowest BCUT2D eigenvalue weighted by molar-refractivity contribution is 0.103. The highest BCUT2D eigenvalue weighted by Gasteiger charge is 2.12. The summed E-state index contributed by atoms with van der Waals surface area (Å²) in [5.74, 6) is 0.388. The highest BCUT2D eigenvalue weighted by Crippen LogP contribution is 2.33. The number of anilines is 1. The molecular formula is C12H8Br2ClNO2S. The maximum absolute atomic E-state index is 12.0. The Kier molecular flexibility index (Phi) is 4.89. The molecule has 0 radical (unpaired) electrons. The fourth-order valence-electron chi connectivity index (χ4n) is 1.40. The molecule has 1 amide bonds. The molecule has 100 valence electrons. The molecule has 0 aliphatic rings. The van der Waals surface area contributed by atoms with Gasteiger partial charge in [0.25, 0.3) is 5.91 Å². The van der Waals surface area contributed by atoms with Gasteiger partial charge < -0.3 is 10.1 Å². The van der Waals surface area contributed by atoms with Gasteiger partial charge in [0.15, 0.2) is 0 Å². The minimum absolute atomic E-state index is 0.183. The van der Waals surface area contributed by atoms with Crippen LogP contribution in [0.3, 0.4) is 0 Å². The van der Waals surface area contributed by atoms with Gasteiger partial charge >= 0.3 is 0 Å². The highest BCUT2D eigenvalue weighted by molar-refractivity contribution is 9.13. The van der Waals surface area contributed by atoms with E-state index < -0.39 is 0 Å². The van der Waals surface area contributed by atoms with E-state index in [1.54, 1.807) is 31.4 Å². The van der Waals surface area contributed by atoms with Gasteiger partial charge in [-0.25, -0.2) is 0 Å². The molecular weight excluding hydrogens is 417 g/mol. The molecule has 0 atom stereocenters. The maximum atomic E-state index is 12.0. The summed E-state index contributed by atoms with van der Waals surface area (Å²) in [6, 6.07) is 6.85. The Labute approximate surface area is 136 Å². The van der Waals surface area contributed by atoms with Crippen LogP contribution in [0.2, 0.25) is 5.02 Å². The first kappa shape index (κ1) is 14.8. The van der Waals surface area contributed by atoms with E-state index in [-0.39, 0.29) is 5.91 Å². The third-order valence-corrected chi connectivity index (χ3v) is 5.83. The van der Waals surface area contributed by atoms with E-state index in [1.165, 1.54) is 11.3 Å². The second-order valence-corrected chi connectivity index (χ2v) is 7.17. The summed E-state index contributed by atoms with van der Waals surface area (Å²) in [5, 5.41) is 3.23. The molecule has 2 aromatic rings. The number of hydrogen-bond acceptors (Lipinski definition) is 3. The number of methoxy groups -OCH3 is 1. The van der Waals surface area contributed by atoms with E-state index in [2.05, 4.69) is 37.2 Å². The van der Waals surface area contributed by atoms with Crippen molar-refractivity contribution in [2.75, 3.05) is 12.4 Å². The molecule has 0 aliphatic heterocycles. The summed E-state index contributed by atoms with van der Waals surface area (Å²) in [5.41, 5.74) is 0.622. The van der Waals surface area contributed by atoms with Gasteiger partial charge in [-0.15, -0.1) is 11.3 Å². The molecule has 1 aromatic carbocycles. The topological polar surface area (TPSA) is 38.3 Å². The van der Waals surface area contributed by atoms with Crippen molar-refractivity contribution in [3.05, 3.63) is 42.4 Å². The lowest BCUT2D eigenvalue weighted by atomic mass is 10.3. The molecule has 0 bridgehead atoms. The predicted octanol–water partition coefficient (Wildman–Crippen LogP) is 5.19. The maximum Gasteiger partial charge on any atom is 0.265 e. The first-order chi connectivity index (χ1) is 9.01. The zero-order chi connectivity index (χ0) is 14.0. The highest BCUT2D eigenvalue weighted by atomic mass is 79.9. The lowest BCUT2D eigenvalue weighted by Gasteiger charge is -2.07. The zero-order valence-electron chi connectivity index (χ0n) is 9.67. The Hall–Kier alpha value is -0.560. The van der Waals surface area contributed by atoms with Gasteiger partial charge in [0.05, 0.1) is 20.8 Å². The van der Waals surface area contributed by atoms with Crippen LogP contribution in [0.1, 0.15) is 9.67 Å². The molecule has 1 N–H and O–H groups in total. The normalized spacial score (nSPS) is 10.3. The fourth-order valence-corrected chi connectivity index (χ4v) is 3.58. The van der Waals surface area contributed by atoms with Gasteiger partial charge in [0, 0.05) is 10.2 Å². The minimum Gasteiger partial charge on any atom is -0.495 e. The summed E-state index contributed by atoms with van der Waals surface area (Å²) in [6.07, 6.45) is 0. The molecule has 3 nitrogen and oxygen atoms in total. The number of nitrogens with one attached hydrogen (secondary N) is 1. The second-order valence-electron chi connectivity index (χ2n) is 3.54. The first-order valence-corrected chi connectivity index (χ1v) is 7.89. The van der Waals surface area contributed by atoms with Crippen LogP contribution >= 0.6 is 54.8 Å². The molecule has 0 fully saturated rings. The van der Waals surface area contributed by atoms with E-state index in [0.29, 0.717) is 21.3 Å². The van der Waals surface area contributed by atoms with Gasteiger partial charge in [0.1, 0.15) is 5.75 Å². The van der Waals surface area contributed by atoms with Gasteiger partial charge in [-0.05, 0) is 56.1 Å². The molecule has 1 heterocycles. The van der Waals surface area contributed by atoms with E-state index in [9.17, 15) is 4.79 Å². The number of hydrogen-bond donors (Lipinski definition) is 1. The summed E-state index contributed by atoms with van der Waals surface area (Å²) in [6.45, 7) is 0. The summed E-state index contributed by atoms with van der Waals surface area (Å²) in [4.78, 5) is 12.6. The van der Waals surface area contributed by atoms with Crippen molar-refractivity contribution in [2.45, 2.75) is 0 Å². The molecule has 2 rings (SSSR count). The van der Waals surface area contributed by atoms with E-state index in [4.69, 9.17) is 16.3 Å². The number of benzene rings is 1. The molecule has 0 unspecified atom stereocenters. The van der Waals surface area contributed by atoms with Gasteiger partial charge in [-0.1, -0.05) is 11.6 Å². The Bertz CT molecular complexity index is 611. The standard InChI is InChI=1S/C12H8Br2ClNO2S/c1-18-9-3-2-6(4-8(9)15)16-12(17)10-5-7(13)11(14)19-10/h2-5H,1H3,(H,16,17). The largest absolute Gasteiger partial charge is 0.495 e. The SMILES string of the molecule is COc1ccc(NC(=O)c2cc(Br)c(Br)s2)cc1Cl. The number of halogens is 3. The van der Waals surface area contributed by atoms with Gasteiger partial charge in [-0.2, -0.15) is 0 Å². The Morgan fingerprint density at radius 1 is 1.37 bits per heavy atom. The quantitative estimate of drug-likeness (QED) is 0.735. The van der Waals surface area contributed by atoms with Gasteiger partial charge in [0.2, 0.25) is 0 Å². The third kappa shape index (κ3) is 3.51. The van der Waals surface area contributed by atoms with E-state index >= 15 is 0 Å². The van der Waals surface area contributed by atoms with Crippen molar-refractivity contribution in [1.82, 2.24) is 0 Å². The number of thiophene rings is 1. The monoisotopic (exact) mass is 423 g/mol. The average molecular weight is 426 g/mol. The number of rotatable bonds is 3. The van der Waals surface area contributed by atoms with Gasteiger partial charge in [-0.3, -0.25) is 4.79 Å². The number of carbonyl (C=O) groups excluding carboxylic acids is 1. The van der Waals surface area contributed by atoms with Crippen molar-refractivity contribution in [3.63, 3.8) is 0 Å². The van der Waals surface area contributed by atoms with Crippen molar-refractivity contribution in [1.29, 1.82) is 0 Å². The van der Waals surface area contributed by atoms with E-state index in [1.807, 2.05) is 0 Å². The number of carbonyl (C=O) groups is 1. The van der Waals surface area contributed by atoms with Crippen molar-refractivity contribution in [3.8, 4) is 5.75 Å². The van der Waals surface area contributed by atoms with Crippen LogP contribution in [0.5, 0.6) is 5.75 Å². The van der Waals surface area contributed by atoms with Crippen LogP contribution in [0.4, 0.5) is 5.69 Å². The zero-order valence-corrected chi connectivity index (χ0v) is 14.4. The van der Waals surface area contributed by atoms with Crippen molar-refractivity contribution in [2.24, 2.45) is 0 Å². The Morgan fingerprint density at radius 3 is 2.63 bits per heavy atom. The Balaban J connectivity index is 2.17. The summed E-state index contributed by atoms with van der Waals surface area (Å²) in [7, 11) is 1.54. The van der Waals surface area contributed by atoms with Crippen LogP contribution in [-0.2, 0) is 0 Å². The van der Waals surface area contributed by atoms with Crippen LogP contribution < -0.4 is 10.1 Å². The van der Waals surface area contributed by atoms with Crippen LogP contribution in [-0.4, -0.2) is 13.0 Å². The molecule has 0 spiro atoms. The number of amides is 1. The van der Waals surface area contributed by atoms with Crippen LogP contribution in [0.25, 0.3) is 0 Å². The predicted molar refractivity (Wildman–Crippen MR) is 85.7 cm³/mol. The molecule has 0 aliphatic carbocycles. The first-order valence-electron chi connectivity index (χ1n) is 5.11. The van der Waals surface area contributed by atoms with E-state index in [0.717, 1.165) is 8.26 Å².